The summed E-state index contributed by atoms with van der Waals surface area (Å²) in [5.41, 5.74) is 3.95. The molecule has 3 amide bonds. The van der Waals surface area contributed by atoms with Crippen molar-refractivity contribution in [1.29, 1.82) is 0 Å². The van der Waals surface area contributed by atoms with Crippen LogP contribution in [0.2, 0.25) is 0 Å². The van der Waals surface area contributed by atoms with E-state index in [0.29, 0.717) is 12.8 Å². The number of nitrogens with one attached hydrogen (secondary N) is 2. The Hall–Kier alpha value is -2.58. The third kappa shape index (κ3) is 4.23. The van der Waals surface area contributed by atoms with E-state index in [-0.39, 0.29) is 42.3 Å². The highest BCUT2D eigenvalue weighted by molar-refractivity contribution is 6.05. The second-order valence-electron chi connectivity index (χ2n) is 6.83. The van der Waals surface area contributed by atoms with Crippen molar-refractivity contribution in [3.8, 4) is 0 Å². The number of halogens is 3. The normalized spacial score (nSPS) is 22.6. The standard InChI is InChI=1S/C18H20F3N3O3/c19-18(20,21)11-4-3-5-12(10-11)22-23-15(25)8-9-24-16(26)13-6-1-2-7-14(13)17(24)27/h3-5,10,13-14,22H,1-2,6-9H2,(H,23,25)/t13-,14-/m1/s1. The summed E-state index contributed by atoms with van der Waals surface area (Å²) in [7, 11) is 0. The maximum absolute atomic E-state index is 12.7. The van der Waals surface area contributed by atoms with Crippen molar-refractivity contribution >= 4 is 23.4 Å². The minimum Gasteiger partial charge on any atom is -0.299 e. The van der Waals surface area contributed by atoms with E-state index in [0.717, 1.165) is 29.9 Å². The van der Waals surface area contributed by atoms with Crippen LogP contribution in [-0.2, 0) is 20.6 Å². The summed E-state index contributed by atoms with van der Waals surface area (Å²) >= 11 is 0. The van der Waals surface area contributed by atoms with Gasteiger partial charge in [0.1, 0.15) is 0 Å². The van der Waals surface area contributed by atoms with Crippen LogP contribution in [0.4, 0.5) is 18.9 Å². The van der Waals surface area contributed by atoms with E-state index < -0.39 is 17.6 Å². The van der Waals surface area contributed by atoms with Crippen molar-refractivity contribution in [2.24, 2.45) is 11.8 Å². The highest BCUT2D eigenvalue weighted by Gasteiger charge is 2.47. The fourth-order valence-electron chi connectivity index (χ4n) is 3.64. The Bertz CT molecular complexity index is 727. The van der Waals surface area contributed by atoms with Crippen LogP contribution in [0.15, 0.2) is 24.3 Å². The molecule has 0 aromatic heterocycles. The molecule has 1 aromatic carbocycles. The molecule has 1 saturated heterocycles. The molecule has 2 N–H and O–H groups in total. The molecule has 0 spiro atoms. The lowest BCUT2D eigenvalue weighted by Gasteiger charge is -2.19. The number of nitrogens with zero attached hydrogens (tertiary/aromatic N) is 1. The fraction of sp³-hybridized carbons (Fsp3) is 0.500. The first-order chi connectivity index (χ1) is 12.8. The smallest absolute Gasteiger partial charge is 0.299 e. The van der Waals surface area contributed by atoms with Crippen LogP contribution < -0.4 is 10.9 Å². The monoisotopic (exact) mass is 383 g/mol. The summed E-state index contributed by atoms with van der Waals surface area (Å²) in [5, 5.41) is 0. The fourth-order valence-corrected chi connectivity index (χ4v) is 3.64. The summed E-state index contributed by atoms with van der Waals surface area (Å²) in [5.74, 6) is -1.50. The second kappa shape index (κ2) is 7.58. The predicted octanol–water partition coefficient (Wildman–Crippen LogP) is 2.71. The van der Waals surface area contributed by atoms with Crippen LogP contribution in [0.5, 0.6) is 0 Å². The van der Waals surface area contributed by atoms with Crippen LogP contribution >= 0.6 is 0 Å². The van der Waals surface area contributed by atoms with Gasteiger partial charge in [-0.05, 0) is 31.0 Å². The summed E-state index contributed by atoms with van der Waals surface area (Å²) in [6.07, 6.45) is -1.34. The van der Waals surface area contributed by atoms with Crippen molar-refractivity contribution in [3.63, 3.8) is 0 Å². The molecule has 0 unspecified atom stereocenters. The third-order valence-corrected chi connectivity index (χ3v) is 5.03. The number of hydrogen-bond acceptors (Lipinski definition) is 4. The summed E-state index contributed by atoms with van der Waals surface area (Å²) < 4.78 is 38.0. The number of hydrazine groups is 1. The Labute approximate surface area is 154 Å². The quantitative estimate of drug-likeness (QED) is 0.605. The Morgan fingerprint density at radius 3 is 2.33 bits per heavy atom. The number of benzene rings is 1. The molecule has 3 rings (SSSR count). The zero-order valence-corrected chi connectivity index (χ0v) is 14.5. The number of alkyl halides is 3. The molecule has 1 saturated carbocycles. The molecule has 0 bridgehead atoms. The number of anilines is 1. The SMILES string of the molecule is O=C(CCN1C(=O)[C@@H]2CCCC[C@H]2C1=O)NNc1cccc(C(F)(F)F)c1. The molecule has 1 aliphatic heterocycles. The average molecular weight is 383 g/mol. The molecule has 2 atom stereocenters. The third-order valence-electron chi connectivity index (χ3n) is 5.03. The van der Waals surface area contributed by atoms with Crippen molar-refractivity contribution in [2.45, 2.75) is 38.3 Å². The first kappa shape index (κ1) is 19.2. The maximum Gasteiger partial charge on any atom is 0.416 e. The molecule has 27 heavy (non-hydrogen) atoms. The Morgan fingerprint density at radius 1 is 1.11 bits per heavy atom. The number of amides is 3. The van der Waals surface area contributed by atoms with Crippen molar-refractivity contribution in [3.05, 3.63) is 29.8 Å². The van der Waals surface area contributed by atoms with Gasteiger partial charge in [-0.3, -0.25) is 30.1 Å². The first-order valence-corrected chi connectivity index (χ1v) is 8.84. The van der Waals surface area contributed by atoms with Crippen LogP contribution in [0.25, 0.3) is 0 Å². The molecule has 1 heterocycles. The van der Waals surface area contributed by atoms with Crippen molar-refractivity contribution < 1.29 is 27.6 Å². The Balaban J connectivity index is 1.50. The number of carbonyl (C=O) groups excluding carboxylic acids is 3. The average Bonchev–Trinajstić information content (AvgIpc) is 2.89. The molecule has 2 fully saturated rings. The minimum absolute atomic E-state index is 0.0270. The lowest BCUT2D eigenvalue weighted by atomic mass is 9.81. The van der Waals surface area contributed by atoms with Gasteiger partial charge in [-0.25, -0.2) is 0 Å². The number of rotatable bonds is 5. The minimum atomic E-state index is -4.48. The molecule has 1 aliphatic carbocycles. The van der Waals surface area contributed by atoms with Gasteiger partial charge in [0.2, 0.25) is 17.7 Å². The van der Waals surface area contributed by atoms with Crippen molar-refractivity contribution in [1.82, 2.24) is 10.3 Å². The molecule has 2 aliphatic rings. The number of fused-ring (bicyclic) bond motifs is 1. The Morgan fingerprint density at radius 2 is 1.74 bits per heavy atom. The van der Waals surface area contributed by atoms with E-state index in [4.69, 9.17) is 0 Å². The van der Waals surface area contributed by atoms with E-state index in [1.165, 1.54) is 12.1 Å². The zero-order valence-electron chi connectivity index (χ0n) is 14.5. The van der Waals surface area contributed by atoms with Gasteiger partial charge in [-0.2, -0.15) is 13.2 Å². The molecule has 9 heteroatoms. The lowest BCUT2D eigenvalue weighted by Crippen LogP contribution is -2.37. The van der Waals surface area contributed by atoms with E-state index >= 15 is 0 Å². The number of imide groups is 1. The molecule has 1 aromatic rings. The topological polar surface area (TPSA) is 78.5 Å². The van der Waals surface area contributed by atoms with E-state index in [1.54, 1.807) is 0 Å². The van der Waals surface area contributed by atoms with Gasteiger partial charge in [0.05, 0.1) is 23.1 Å². The highest BCUT2D eigenvalue weighted by atomic mass is 19.4. The Kier molecular flexibility index (Phi) is 5.38. The molecule has 0 radical (unpaired) electrons. The second-order valence-corrected chi connectivity index (χ2v) is 6.83. The van der Waals surface area contributed by atoms with Crippen molar-refractivity contribution in [2.75, 3.05) is 12.0 Å². The van der Waals surface area contributed by atoms with Gasteiger partial charge in [0, 0.05) is 13.0 Å². The van der Waals surface area contributed by atoms with Gasteiger partial charge < -0.3 is 0 Å². The lowest BCUT2D eigenvalue weighted by molar-refractivity contribution is -0.140. The number of likely N-dealkylation sites (tertiary alicyclic amines) is 1. The number of carbonyl (C=O) groups is 3. The van der Waals surface area contributed by atoms with E-state index in [9.17, 15) is 27.6 Å². The summed E-state index contributed by atoms with van der Waals surface area (Å²) in [6, 6.07) is 4.41. The molecular weight excluding hydrogens is 363 g/mol. The molecule has 146 valence electrons. The summed E-state index contributed by atoms with van der Waals surface area (Å²) in [4.78, 5) is 37.7. The summed E-state index contributed by atoms with van der Waals surface area (Å²) in [6.45, 7) is -0.0270. The first-order valence-electron chi connectivity index (χ1n) is 8.84. The molecular formula is C18H20F3N3O3. The molecule has 6 nitrogen and oxygen atoms in total. The predicted molar refractivity (Wildman–Crippen MR) is 90.0 cm³/mol. The van der Waals surface area contributed by atoms with Gasteiger partial charge in [-0.1, -0.05) is 18.9 Å². The zero-order chi connectivity index (χ0) is 19.6. The van der Waals surface area contributed by atoms with E-state index in [2.05, 4.69) is 10.9 Å². The van der Waals surface area contributed by atoms with E-state index in [1.807, 2.05) is 0 Å². The van der Waals surface area contributed by atoms with Gasteiger partial charge in [-0.15, -0.1) is 0 Å². The van der Waals surface area contributed by atoms with Crippen LogP contribution in [-0.4, -0.2) is 29.2 Å². The van der Waals surface area contributed by atoms with Crippen LogP contribution in [0.1, 0.15) is 37.7 Å². The highest BCUT2D eigenvalue weighted by Crippen LogP contribution is 2.38. The van der Waals surface area contributed by atoms with Gasteiger partial charge in [0.25, 0.3) is 0 Å². The van der Waals surface area contributed by atoms with Gasteiger partial charge in [0.15, 0.2) is 0 Å². The van der Waals surface area contributed by atoms with Crippen LogP contribution in [0.3, 0.4) is 0 Å². The van der Waals surface area contributed by atoms with Crippen LogP contribution in [0, 0.1) is 11.8 Å². The van der Waals surface area contributed by atoms with Gasteiger partial charge >= 0.3 is 6.18 Å². The maximum atomic E-state index is 12.7. The number of hydrogen-bond donors (Lipinski definition) is 2. The largest absolute Gasteiger partial charge is 0.416 e.